The number of benzene rings is 1. The summed E-state index contributed by atoms with van der Waals surface area (Å²) in [6.07, 6.45) is 1.19. The van der Waals surface area contributed by atoms with Crippen LogP contribution in [0.3, 0.4) is 0 Å². The molecule has 0 bridgehead atoms. The molecule has 1 N–H and O–H groups in total. The van der Waals surface area contributed by atoms with Crippen LogP contribution >= 0.6 is 0 Å². The highest BCUT2D eigenvalue weighted by atomic mass is 19.2. The standard InChI is InChI=1S/C17H22F2N2O3/c1-12-9-21(10-17(24-12)5-7-23-11-17)16(22)20-6-4-13-2-3-14(18)15(19)8-13/h2-3,8,12H,4-7,9-11H2,1H3,(H,20,22). The Bertz CT molecular complexity index is 605. The van der Waals surface area contributed by atoms with Crippen LogP contribution in [0.4, 0.5) is 13.6 Å². The molecule has 24 heavy (non-hydrogen) atoms. The van der Waals surface area contributed by atoms with Crippen LogP contribution in [-0.2, 0) is 15.9 Å². The summed E-state index contributed by atoms with van der Waals surface area (Å²) in [4.78, 5) is 14.1. The summed E-state index contributed by atoms with van der Waals surface area (Å²) < 4.78 is 37.5. The van der Waals surface area contributed by atoms with Crippen LogP contribution in [0.15, 0.2) is 18.2 Å². The largest absolute Gasteiger partial charge is 0.378 e. The highest BCUT2D eigenvalue weighted by Crippen LogP contribution is 2.29. The van der Waals surface area contributed by atoms with Crippen molar-refractivity contribution in [2.24, 2.45) is 0 Å². The fourth-order valence-corrected chi connectivity index (χ4v) is 3.31. The van der Waals surface area contributed by atoms with Crippen molar-refractivity contribution in [2.45, 2.75) is 31.5 Å². The molecule has 0 aliphatic carbocycles. The molecule has 2 atom stereocenters. The molecule has 3 rings (SSSR count). The lowest BCUT2D eigenvalue weighted by Gasteiger charge is -2.42. The number of hydrogen-bond donors (Lipinski definition) is 1. The molecular weight excluding hydrogens is 318 g/mol. The monoisotopic (exact) mass is 340 g/mol. The molecular formula is C17H22F2N2O3. The van der Waals surface area contributed by atoms with Crippen LogP contribution in [0.5, 0.6) is 0 Å². The average Bonchev–Trinajstić information content (AvgIpc) is 2.97. The molecule has 132 valence electrons. The second-order valence-electron chi connectivity index (χ2n) is 6.52. The number of rotatable bonds is 3. The lowest BCUT2D eigenvalue weighted by molar-refractivity contribution is -0.137. The van der Waals surface area contributed by atoms with E-state index in [1.165, 1.54) is 6.07 Å². The maximum absolute atomic E-state index is 13.2. The van der Waals surface area contributed by atoms with Crippen molar-refractivity contribution in [1.82, 2.24) is 10.2 Å². The topological polar surface area (TPSA) is 50.8 Å². The smallest absolute Gasteiger partial charge is 0.317 e. The third-order valence-corrected chi connectivity index (χ3v) is 4.44. The second kappa shape index (κ2) is 7.03. The summed E-state index contributed by atoms with van der Waals surface area (Å²) in [5.74, 6) is -1.74. The van der Waals surface area contributed by atoms with Crippen molar-refractivity contribution in [3.8, 4) is 0 Å². The summed E-state index contributed by atoms with van der Waals surface area (Å²) in [7, 11) is 0. The second-order valence-corrected chi connectivity index (χ2v) is 6.52. The predicted octanol–water partition coefficient (Wildman–Crippen LogP) is 2.10. The van der Waals surface area contributed by atoms with Gasteiger partial charge in [0.2, 0.25) is 0 Å². The van der Waals surface area contributed by atoms with E-state index < -0.39 is 17.2 Å². The van der Waals surface area contributed by atoms with Crippen LogP contribution in [0.1, 0.15) is 18.9 Å². The summed E-state index contributed by atoms with van der Waals surface area (Å²) in [5, 5.41) is 2.84. The van der Waals surface area contributed by atoms with Crippen LogP contribution in [0.25, 0.3) is 0 Å². The molecule has 7 heteroatoms. The zero-order valence-corrected chi connectivity index (χ0v) is 13.7. The number of amides is 2. The number of morpholine rings is 1. The van der Waals surface area contributed by atoms with E-state index in [4.69, 9.17) is 9.47 Å². The van der Waals surface area contributed by atoms with Gasteiger partial charge in [-0.25, -0.2) is 13.6 Å². The third kappa shape index (κ3) is 3.84. The van der Waals surface area contributed by atoms with Crippen molar-refractivity contribution < 1.29 is 23.0 Å². The molecule has 2 amide bonds. The molecule has 2 aliphatic heterocycles. The molecule has 0 radical (unpaired) electrons. The van der Waals surface area contributed by atoms with Gasteiger partial charge < -0.3 is 19.7 Å². The van der Waals surface area contributed by atoms with E-state index in [1.807, 2.05) is 6.92 Å². The number of hydrogen-bond acceptors (Lipinski definition) is 3. The predicted molar refractivity (Wildman–Crippen MR) is 83.7 cm³/mol. The van der Waals surface area contributed by atoms with Gasteiger partial charge in [0, 0.05) is 26.1 Å². The number of urea groups is 1. The highest BCUT2D eigenvalue weighted by Gasteiger charge is 2.43. The van der Waals surface area contributed by atoms with Gasteiger partial charge in [-0.3, -0.25) is 0 Å². The van der Waals surface area contributed by atoms with E-state index in [-0.39, 0.29) is 12.1 Å². The molecule has 2 unspecified atom stereocenters. The molecule has 0 saturated carbocycles. The first-order chi connectivity index (χ1) is 11.5. The maximum atomic E-state index is 13.2. The molecule has 2 aliphatic rings. The quantitative estimate of drug-likeness (QED) is 0.917. The lowest BCUT2D eigenvalue weighted by atomic mass is 9.99. The van der Waals surface area contributed by atoms with Crippen LogP contribution < -0.4 is 5.32 Å². The SMILES string of the molecule is CC1CN(C(=O)NCCc2ccc(F)c(F)c2)CC2(CCOC2)O1. The molecule has 0 aromatic heterocycles. The first kappa shape index (κ1) is 17.1. The van der Waals surface area contributed by atoms with Gasteiger partial charge in [-0.2, -0.15) is 0 Å². The normalized spacial score (nSPS) is 26.8. The van der Waals surface area contributed by atoms with Gasteiger partial charge in [-0.15, -0.1) is 0 Å². The maximum Gasteiger partial charge on any atom is 0.317 e. The first-order valence-electron chi connectivity index (χ1n) is 8.20. The van der Waals surface area contributed by atoms with E-state index in [1.54, 1.807) is 4.90 Å². The molecule has 2 fully saturated rings. The summed E-state index contributed by atoms with van der Waals surface area (Å²) in [6.45, 7) is 4.50. The summed E-state index contributed by atoms with van der Waals surface area (Å²) >= 11 is 0. The Morgan fingerprint density at radius 3 is 2.96 bits per heavy atom. The van der Waals surface area contributed by atoms with E-state index >= 15 is 0 Å². The third-order valence-electron chi connectivity index (χ3n) is 4.44. The van der Waals surface area contributed by atoms with E-state index in [0.29, 0.717) is 44.8 Å². The molecule has 1 aromatic rings. The Morgan fingerprint density at radius 2 is 2.25 bits per heavy atom. The number of carbonyl (C=O) groups is 1. The van der Waals surface area contributed by atoms with Gasteiger partial charge in [0.25, 0.3) is 0 Å². The number of nitrogens with one attached hydrogen (secondary N) is 1. The molecule has 2 saturated heterocycles. The summed E-state index contributed by atoms with van der Waals surface area (Å²) in [6, 6.07) is 3.61. The van der Waals surface area contributed by atoms with E-state index in [2.05, 4.69) is 5.32 Å². The highest BCUT2D eigenvalue weighted by molar-refractivity contribution is 5.74. The van der Waals surface area contributed by atoms with Gasteiger partial charge in [0.15, 0.2) is 11.6 Å². The molecule has 1 spiro atoms. The van der Waals surface area contributed by atoms with Gasteiger partial charge in [-0.05, 0) is 31.0 Å². The minimum Gasteiger partial charge on any atom is -0.378 e. The molecule has 1 aromatic carbocycles. The zero-order valence-electron chi connectivity index (χ0n) is 13.7. The van der Waals surface area contributed by atoms with E-state index in [0.717, 1.165) is 18.6 Å². The minimum absolute atomic E-state index is 0.0441. The lowest BCUT2D eigenvalue weighted by Crippen LogP contribution is -2.59. The summed E-state index contributed by atoms with van der Waals surface area (Å²) in [5.41, 5.74) is 0.250. The van der Waals surface area contributed by atoms with E-state index in [9.17, 15) is 13.6 Å². The number of carbonyl (C=O) groups excluding carboxylic acids is 1. The molecule has 2 heterocycles. The first-order valence-corrected chi connectivity index (χ1v) is 8.20. The van der Waals surface area contributed by atoms with Crippen molar-refractivity contribution in [2.75, 3.05) is 32.8 Å². The van der Waals surface area contributed by atoms with Crippen molar-refractivity contribution >= 4 is 6.03 Å². The van der Waals surface area contributed by atoms with Gasteiger partial charge in [-0.1, -0.05) is 6.07 Å². The Labute approximate surface area is 139 Å². The number of ether oxygens (including phenoxy) is 2. The Hall–Kier alpha value is -1.73. The minimum atomic E-state index is -0.871. The Balaban J connectivity index is 1.51. The van der Waals surface area contributed by atoms with Crippen LogP contribution in [-0.4, -0.2) is 55.5 Å². The van der Waals surface area contributed by atoms with Gasteiger partial charge in [0.05, 0.1) is 19.3 Å². The zero-order chi connectivity index (χ0) is 17.2. The fraction of sp³-hybridized carbons (Fsp3) is 0.588. The van der Waals surface area contributed by atoms with Crippen molar-refractivity contribution in [3.05, 3.63) is 35.4 Å². The van der Waals surface area contributed by atoms with Gasteiger partial charge in [0.1, 0.15) is 5.60 Å². The Kier molecular flexibility index (Phi) is 5.01. The van der Waals surface area contributed by atoms with Crippen LogP contribution in [0, 0.1) is 11.6 Å². The van der Waals surface area contributed by atoms with Crippen molar-refractivity contribution in [1.29, 1.82) is 0 Å². The Morgan fingerprint density at radius 1 is 1.42 bits per heavy atom. The van der Waals surface area contributed by atoms with Gasteiger partial charge >= 0.3 is 6.03 Å². The van der Waals surface area contributed by atoms with Crippen molar-refractivity contribution in [3.63, 3.8) is 0 Å². The number of halogens is 2. The fourth-order valence-electron chi connectivity index (χ4n) is 3.31. The average molecular weight is 340 g/mol. The van der Waals surface area contributed by atoms with Crippen LogP contribution in [0.2, 0.25) is 0 Å². The molecule has 5 nitrogen and oxygen atoms in total. The number of nitrogens with zero attached hydrogens (tertiary/aromatic N) is 1.